The number of hydrogen-bond donors (Lipinski definition) is 1. The van der Waals surface area contributed by atoms with Crippen LogP contribution >= 0.6 is 22.7 Å². The molecule has 3 rings (SSSR count). The summed E-state index contributed by atoms with van der Waals surface area (Å²) in [4.78, 5) is 5.71. The molecule has 0 atom stereocenters. The van der Waals surface area contributed by atoms with Gasteiger partial charge in [-0.3, -0.25) is 4.40 Å². The second-order valence-electron chi connectivity index (χ2n) is 4.70. The molecule has 0 aliphatic carbocycles. The van der Waals surface area contributed by atoms with Crippen molar-refractivity contribution in [2.45, 2.75) is 26.8 Å². The normalized spacial score (nSPS) is 11.5. The highest BCUT2D eigenvalue weighted by atomic mass is 32.1. The van der Waals surface area contributed by atoms with Crippen LogP contribution in [0.25, 0.3) is 4.96 Å². The maximum Gasteiger partial charge on any atom is 0.194 e. The molecule has 0 radical (unpaired) electrons. The lowest BCUT2D eigenvalue weighted by Crippen LogP contribution is -2.18. The number of hydrogen-bond acceptors (Lipinski definition) is 4. The van der Waals surface area contributed by atoms with Gasteiger partial charge in [0.25, 0.3) is 0 Å². The molecule has 100 valence electrons. The number of nitrogens with zero attached hydrogens (tertiary/aromatic N) is 2. The molecular weight excluding hydrogens is 274 g/mol. The number of imidazole rings is 1. The zero-order valence-corrected chi connectivity index (χ0v) is 12.8. The molecule has 1 N–H and O–H groups in total. The van der Waals surface area contributed by atoms with Gasteiger partial charge in [0.15, 0.2) is 4.96 Å². The fraction of sp³-hybridized carbons (Fsp3) is 0.357. The molecule has 3 heterocycles. The van der Waals surface area contributed by atoms with E-state index in [1.165, 1.54) is 17.0 Å². The van der Waals surface area contributed by atoms with Crippen LogP contribution in [0.2, 0.25) is 0 Å². The van der Waals surface area contributed by atoms with E-state index in [0.29, 0.717) is 0 Å². The molecule has 0 amide bonds. The van der Waals surface area contributed by atoms with Gasteiger partial charge in [0.2, 0.25) is 0 Å². The van der Waals surface area contributed by atoms with Gasteiger partial charge in [0.1, 0.15) is 0 Å². The fourth-order valence-electron chi connectivity index (χ4n) is 2.25. The number of aromatic nitrogens is 2. The topological polar surface area (TPSA) is 29.3 Å². The Labute approximate surface area is 120 Å². The molecule has 0 fully saturated rings. The van der Waals surface area contributed by atoms with E-state index in [2.05, 4.69) is 50.8 Å². The zero-order chi connectivity index (χ0) is 13.2. The van der Waals surface area contributed by atoms with Gasteiger partial charge in [0, 0.05) is 17.6 Å². The van der Waals surface area contributed by atoms with Crippen LogP contribution in [0.3, 0.4) is 0 Å². The van der Waals surface area contributed by atoms with Crippen molar-refractivity contribution >= 4 is 27.6 Å². The average Bonchev–Trinajstić information content (AvgIpc) is 3.07. The van der Waals surface area contributed by atoms with Crippen LogP contribution in [-0.4, -0.2) is 15.9 Å². The smallest absolute Gasteiger partial charge is 0.194 e. The van der Waals surface area contributed by atoms with E-state index < -0.39 is 0 Å². The Balaban J connectivity index is 1.65. The minimum Gasteiger partial charge on any atom is -0.311 e. The third kappa shape index (κ3) is 2.59. The SMILES string of the molecule is Cc1nc2scc(C)n2c1CNCCc1ccsc1. The monoisotopic (exact) mass is 291 g/mol. The van der Waals surface area contributed by atoms with E-state index in [-0.39, 0.29) is 0 Å². The molecule has 0 aliphatic rings. The second kappa shape index (κ2) is 5.45. The van der Waals surface area contributed by atoms with Crippen LogP contribution in [-0.2, 0) is 13.0 Å². The number of nitrogens with one attached hydrogen (secondary N) is 1. The Morgan fingerprint density at radius 2 is 2.21 bits per heavy atom. The van der Waals surface area contributed by atoms with Crippen molar-refractivity contribution in [2.24, 2.45) is 0 Å². The van der Waals surface area contributed by atoms with Gasteiger partial charge >= 0.3 is 0 Å². The average molecular weight is 291 g/mol. The molecule has 0 aromatic carbocycles. The van der Waals surface area contributed by atoms with Gasteiger partial charge in [-0.2, -0.15) is 11.3 Å². The summed E-state index contributed by atoms with van der Waals surface area (Å²) < 4.78 is 2.26. The number of fused-ring (bicyclic) bond motifs is 1. The van der Waals surface area contributed by atoms with Gasteiger partial charge in [-0.1, -0.05) is 0 Å². The van der Waals surface area contributed by atoms with Crippen molar-refractivity contribution in [3.8, 4) is 0 Å². The lowest BCUT2D eigenvalue weighted by Gasteiger charge is -2.05. The van der Waals surface area contributed by atoms with Crippen molar-refractivity contribution in [1.82, 2.24) is 14.7 Å². The van der Waals surface area contributed by atoms with Gasteiger partial charge < -0.3 is 5.32 Å². The summed E-state index contributed by atoms with van der Waals surface area (Å²) in [6, 6.07) is 2.19. The largest absolute Gasteiger partial charge is 0.311 e. The molecule has 0 aliphatic heterocycles. The van der Waals surface area contributed by atoms with Crippen LogP contribution in [0.15, 0.2) is 22.2 Å². The molecule has 3 aromatic rings. The van der Waals surface area contributed by atoms with Gasteiger partial charge in [0.05, 0.1) is 11.4 Å². The molecule has 0 unspecified atom stereocenters. The Morgan fingerprint density at radius 3 is 3.00 bits per heavy atom. The molecule has 3 aromatic heterocycles. The van der Waals surface area contributed by atoms with E-state index in [0.717, 1.165) is 30.2 Å². The summed E-state index contributed by atoms with van der Waals surface area (Å²) >= 11 is 3.47. The second-order valence-corrected chi connectivity index (χ2v) is 6.31. The van der Waals surface area contributed by atoms with Crippen LogP contribution in [0, 0.1) is 13.8 Å². The van der Waals surface area contributed by atoms with Crippen LogP contribution in [0.4, 0.5) is 0 Å². The van der Waals surface area contributed by atoms with E-state index in [9.17, 15) is 0 Å². The van der Waals surface area contributed by atoms with Gasteiger partial charge in [-0.15, -0.1) is 11.3 Å². The first-order chi connectivity index (χ1) is 9.25. The Kier molecular flexibility index (Phi) is 3.68. The molecular formula is C14H17N3S2. The Bertz CT molecular complexity index is 664. The predicted octanol–water partition coefficient (Wildman–Crippen LogP) is 3.41. The number of aryl methyl sites for hydroxylation is 2. The molecule has 0 bridgehead atoms. The first-order valence-electron chi connectivity index (χ1n) is 6.39. The summed E-state index contributed by atoms with van der Waals surface area (Å²) in [6.07, 6.45) is 1.09. The highest BCUT2D eigenvalue weighted by Gasteiger charge is 2.11. The number of rotatable bonds is 5. The van der Waals surface area contributed by atoms with Crippen molar-refractivity contribution in [1.29, 1.82) is 0 Å². The molecule has 0 saturated carbocycles. The molecule has 19 heavy (non-hydrogen) atoms. The summed E-state index contributed by atoms with van der Waals surface area (Å²) in [5, 5.41) is 10.0. The van der Waals surface area contributed by atoms with E-state index >= 15 is 0 Å². The van der Waals surface area contributed by atoms with E-state index in [1.807, 2.05) is 0 Å². The highest BCUT2D eigenvalue weighted by Crippen LogP contribution is 2.20. The van der Waals surface area contributed by atoms with Gasteiger partial charge in [-0.05, 0) is 49.2 Å². The lowest BCUT2D eigenvalue weighted by atomic mass is 10.2. The molecule has 0 saturated heterocycles. The van der Waals surface area contributed by atoms with E-state index in [1.54, 1.807) is 22.7 Å². The Hall–Kier alpha value is -1.17. The Morgan fingerprint density at radius 1 is 1.32 bits per heavy atom. The quantitative estimate of drug-likeness (QED) is 0.730. The maximum absolute atomic E-state index is 4.61. The maximum atomic E-state index is 4.61. The third-order valence-corrected chi connectivity index (χ3v) is 4.97. The first kappa shape index (κ1) is 12.8. The van der Waals surface area contributed by atoms with Crippen molar-refractivity contribution in [2.75, 3.05) is 6.54 Å². The summed E-state index contributed by atoms with van der Waals surface area (Å²) in [5.74, 6) is 0. The predicted molar refractivity (Wildman–Crippen MR) is 82.3 cm³/mol. The first-order valence-corrected chi connectivity index (χ1v) is 8.22. The zero-order valence-electron chi connectivity index (χ0n) is 11.1. The molecule has 5 heteroatoms. The van der Waals surface area contributed by atoms with Crippen molar-refractivity contribution in [3.05, 3.63) is 44.9 Å². The third-order valence-electron chi connectivity index (χ3n) is 3.29. The number of thiazole rings is 1. The standard InChI is InChI=1S/C14H17N3S2/c1-10-8-19-14-16-11(2)13(17(10)14)7-15-5-3-12-4-6-18-9-12/h4,6,8-9,15H,3,5,7H2,1-2H3. The van der Waals surface area contributed by atoms with Crippen molar-refractivity contribution < 1.29 is 0 Å². The number of thiophene rings is 1. The van der Waals surface area contributed by atoms with Crippen LogP contribution < -0.4 is 5.32 Å². The highest BCUT2D eigenvalue weighted by molar-refractivity contribution is 7.15. The van der Waals surface area contributed by atoms with Crippen molar-refractivity contribution in [3.63, 3.8) is 0 Å². The summed E-state index contributed by atoms with van der Waals surface area (Å²) in [5.41, 5.74) is 5.12. The minimum atomic E-state index is 0.884. The van der Waals surface area contributed by atoms with E-state index in [4.69, 9.17) is 0 Å². The summed E-state index contributed by atoms with van der Waals surface area (Å²) in [6.45, 7) is 6.12. The van der Waals surface area contributed by atoms with Gasteiger partial charge in [-0.25, -0.2) is 4.98 Å². The molecule has 0 spiro atoms. The molecule has 3 nitrogen and oxygen atoms in total. The van der Waals surface area contributed by atoms with Crippen LogP contribution in [0.5, 0.6) is 0 Å². The summed E-state index contributed by atoms with van der Waals surface area (Å²) in [7, 11) is 0. The lowest BCUT2D eigenvalue weighted by molar-refractivity contribution is 0.667. The minimum absolute atomic E-state index is 0.884. The van der Waals surface area contributed by atoms with Crippen LogP contribution in [0.1, 0.15) is 22.6 Å². The fourth-order valence-corrected chi connectivity index (χ4v) is 3.88.